The summed E-state index contributed by atoms with van der Waals surface area (Å²) in [6.45, 7) is 2.34. The lowest BCUT2D eigenvalue weighted by Gasteiger charge is -2.02. The number of hydrogen-bond donors (Lipinski definition) is 1. The van der Waals surface area contributed by atoms with Gasteiger partial charge in [-0.2, -0.15) is 4.39 Å². The second-order valence-corrected chi connectivity index (χ2v) is 2.80. The van der Waals surface area contributed by atoms with Crippen LogP contribution in [0.5, 0.6) is 5.75 Å². The largest absolute Gasteiger partial charge is 0.494 e. The third kappa shape index (κ3) is 3.42. The molecule has 0 bridgehead atoms. The van der Waals surface area contributed by atoms with Crippen molar-refractivity contribution in [2.45, 2.75) is 6.92 Å². The molecule has 0 aliphatic rings. The summed E-state index contributed by atoms with van der Waals surface area (Å²) in [6, 6.07) is 6.57. The van der Waals surface area contributed by atoms with Crippen LogP contribution in [0.1, 0.15) is 12.5 Å². The quantitative estimate of drug-likeness (QED) is 0.776. The zero-order valence-electron chi connectivity index (χ0n) is 8.24. The Balaban J connectivity index is 2.91. The van der Waals surface area contributed by atoms with Gasteiger partial charge in [-0.05, 0) is 30.7 Å². The number of carboxylic acids is 1. The van der Waals surface area contributed by atoms with Crippen molar-refractivity contribution in [3.8, 4) is 5.75 Å². The van der Waals surface area contributed by atoms with Gasteiger partial charge in [0.15, 0.2) is 0 Å². The van der Waals surface area contributed by atoms with Crippen LogP contribution < -0.4 is 4.74 Å². The summed E-state index contributed by atoms with van der Waals surface area (Å²) >= 11 is 0. The lowest BCUT2D eigenvalue weighted by Crippen LogP contribution is -1.94. The van der Waals surface area contributed by atoms with Crippen LogP contribution in [-0.4, -0.2) is 17.7 Å². The minimum atomic E-state index is -1.57. The van der Waals surface area contributed by atoms with Gasteiger partial charge >= 0.3 is 5.97 Å². The van der Waals surface area contributed by atoms with E-state index >= 15 is 0 Å². The first-order valence-corrected chi connectivity index (χ1v) is 4.47. The molecule has 0 saturated carbocycles. The topological polar surface area (TPSA) is 46.5 Å². The van der Waals surface area contributed by atoms with Crippen LogP contribution in [0.4, 0.5) is 4.39 Å². The molecule has 0 radical (unpaired) electrons. The molecule has 0 amide bonds. The summed E-state index contributed by atoms with van der Waals surface area (Å²) in [5.41, 5.74) is 0.459. The maximum absolute atomic E-state index is 12.7. The van der Waals surface area contributed by atoms with E-state index in [0.717, 1.165) is 6.08 Å². The van der Waals surface area contributed by atoms with Crippen molar-refractivity contribution in [1.82, 2.24) is 0 Å². The Morgan fingerprint density at radius 1 is 1.60 bits per heavy atom. The van der Waals surface area contributed by atoms with E-state index in [2.05, 4.69) is 0 Å². The van der Waals surface area contributed by atoms with E-state index in [-0.39, 0.29) is 0 Å². The van der Waals surface area contributed by atoms with Gasteiger partial charge in [0.05, 0.1) is 6.61 Å². The van der Waals surface area contributed by atoms with Gasteiger partial charge in [-0.15, -0.1) is 0 Å². The fourth-order valence-electron chi connectivity index (χ4n) is 1.07. The lowest BCUT2D eigenvalue weighted by molar-refractivity contribution is -0.134. The van der Waals surface area contributed by atoms with Crippen LogP contribution in [0.3, 0.4) is 0 Å². The highest BCUT2D eigenvalue weighted by molar-refractivity contribution is 5.89. The first-order chi connectivity index (χ1) is 7.13. The number of carboxylic acid groups (broad SMARTS) is 1. The van der Waals surface area contributed by atoms with Gasteiger partial charge in [0.2, 0.25) is 5.83 Å². The number of halogens is 1. The molecule has 0 atom stereocenters. The molecule has 0 aliphatic carbocycles. The monoisotopic (exact) mass is 210 g/mol. The van der Waals surface area contributed by atoms with E-state index in [9.17, 15) is 9.18 Å². The predicted octanol–water partition coefficient (Wildman–Crippen LogP) is 2.48. The van der Waals surface area contributed by atoms with Crippen molar-refractivity contribution in [2.24, 2.45) is 0 Å². The van der Waals surface area contributed by atoms with Crippen molar-refractivity contribution < 1.29 is 19.0 Å². The molecule has 4 heteroatoms. The van der Waals surface area contributed by atoms with E-state index in [1.807, 2.05) is 6.92 Å². The van der Waals surface area contributed by atoms with Crippen LogP contribution in [0, 0.1) is 0 Å². The molecule has 0 saturated heterocycles. The molecule has 0 heterocycles. The summed E-state index contributed by atoms with van der Waals surface area (Å²) in [4.78, 5) is 10.2. The molecule has 1 N–H and O–H groups in total. The molecule has 0 fully saturated rings. The van der Waals surface area contributed by atoms with E-state index < -0.39 is 11.8 Å². The maximum Gasteiger partial charge on any atom is 0.364 e. The molecule has 0 spiro atoms. The van der Waals surface area contributed by atoms with Gasteiger partial charge in [0, 0.05) is 0 Å². The minimum absolute atomic E-state index is 0.459. The number of ether oxygens (including phenoxy) is 1. The number of rotatable bonds is 4. The molecule has 1 aromatic carbocycles. The van der Waals surface area contributed by atoms with Crippen LogP contribution in [0.15, 0.2) is 30.1 Å². The molecule has 1 aromatic rings. The number of hydrogen-bond acceptors (Lipinski definition) is 2. The van der Waals surface area contributed by atoms with E-state index in [0.29, 0.717) is 17.9 Å². The Hall–Kier alpha value is -1.84. The van der Waals surface area contributed by atoms with E-state index in [4.69, 9.17) is 9.84 Å². The average molecular weight is 210 g/mol. The molecular formula is C11H11FO3. The molecule has 3 nitrogen and oxygen atoms in total. The van der Waals surface area contributed by atoms with Gasteiger partial charge in [-0.1, -0.05) is 12.1 Å². The Morgan fingerprint density at radius 2 is 2.33 bits per heavy atom. The fraction of sp³-hybridized carbons (Fsp3) is 0.182. The lowest BCUT2D eigenvalue weighted by atomic mass is 10.2. The second kappa shape index (κ2) is 5.14. The fourth-order valence-corrected chi connectivity index (χ4v) is 1.07. The van der Waals surface area contributed by atoms with Gasteiger partial charge in [0.1, 0.15) is 5.75 Å². The molecule has 15 heavy (non-hydrogen) atoms. The third-order valence-electron chi connectivity index (χ3n) is 1.67. The standard InChI is InChI=1S/C11H11FO3/c1-2-15-9-5-3-4-8(6-9)7-10(12)11(13)14/h3-7H,2H2,1H3,(H,13,14). The number of aliphatic carboxylic acids is 1. The van der Waals surface area contributed by atoms with Crippen LogP contribution in [0.25, 0.3) is 6.08 Å². The van der Waals surface area contributed by atoms with Crippen molar-refractivity contribution >= 4 is 12.0 Å². The first-order valence-electron chi connectivity index (χ1n) is 4.47. The number of carbonyl (C=O) groups is 1. The minimum Gasteiger partial charge on any atom is -0.494 e. The Kier molecular flexibility index (Phi) is 3.85. The summed E-state index contributed by atoms with van der Waals surface area (Å²) in [5.74, 6) is -2.18. The first kappa shape index (κ1) is 11.2. The van der Waals surface area contributed by atoms with Gasteiger partial charge < -0.3 is 9.84 Å². The summed E-state index contributed by atoms with van der Waals surface area (Å²) in [7, 11) is 0. The van der Waals surface area contributed by atoms with Crippen molar-refractivity contribution in [2.75, 3.05) is 6.61 Å². The average Bonchev–Trinajstić information content (AvgIpc) is 2.18. The smallest absolute Gasteiger partial charge is 0.364 e. The van der Waals surface area contributed by atoms with Crippen molar-refractivity contribution in [3.05, 3.63) is 35.7 Å². The molecule has 0 unspecified atom stereocenters. The Morgan fingerprint density at radius 3 is 2.93 bits per heavy atom. The van der Waals surface area contributed by atoms with E-state index in [1.54, 1.807) is 24.3 Å². The van der Waals surface area contributed by atoms with Gasteiger partial charge in [-0.25, -0.2) is 4.79 Å². The summed E-state index contributed by atoms with van der Waals surface area (Å²) < 4.78 is 17.9. The third-order valence-corrected chi connectivity index (χ3v) is 1.67. The Labute approximate surface area is 86.8 Å². The Bertz CT molecular complexity index is 385. The van der Waals surface area contributed by atoms with Crippen LogP contribution in [-0.2, 0) is 4.79 Å². The predicted molar refractivity (Wildman–Crippen MR) is 54.3 cm³/mol. The summed E-state index contributed by atoms with van der Waals surface area (Å²) in [5, 5.41) is 8.34. The molecule has 0 aromatic heterocycles. The van der Waals surface area contributed by atoms with Crippen molar-refractivity contribution in [1.29, 1.82) is 0 Å². The second-order valence-electron chi connectivity index (χ2n) is 2.80. The zero-order chi connectivity index (χ0) is 11.3. The maximum atomic E-state index is 12.7. The number of benzene rings is 1. The van der Waals surface area contributed by atoms with Crippen molar-refractivity contribution in [3.63, 3.8) is 0 Å². The normalized spacial score (nSPS) is 11.2. The summed E-state index contributed by atoms with van der Waals surface area (Å²) in [6.07, 6.45) is 0.949. The molecule has 1 rings (SSSR count). The molecule has 80 valence electrons. The van der Waals surface area contributed by atoms with Gasteiger partial charge in [-0.3, -0.25) is 0 Å². The molecule has 0 aliphatic heterocycles. The SMILES string of the molecule is CCOc1cccc(C=C(F)C(=O)O)c1. The van der Waals surface area contributed by atoms with Crippen LogP contribution >= 0.6 is 0 Å². The highest BCUT2D eigenvalue weighted by atomic mass is 19.1. The van der Waals surface area contributed by atoms with Gasteiger partial charge in [0.25, 0.3) is 0 Å². The highest BCUT2D eigenvalue weighted by Crippen LogP contribution is 2.16. The highest BCUT2D eigenvalue weighted by Gasteiger charge is 2.05. The zero-order valence-corrected chi connectivity index (χ0v) is 8.24. The molecular weight excluding hydrogens is 199 g/mol. The van der Waals surface area contributed by atoms with E-state index in [1.165, 1.54) is 0 Å². The van der Waals surface area contributed by atoms with Crippen LogP contribution in [0.2, 0.25) is 0 Å².